The van der Waals surface area contributed by atoms with Gasteiger partial charge in [0, 0.05) is 25.6 Å². The van der Waals surface area contributed by atoms with Gasteiger partial charge >= 0.3 is 5.97 Å². The second-order valence-corrected chi connectivity index (χ2v) is 6.68. The Hall–Kier alpha value is -3.52. The normalized spacial score (nSPS) is 10.7. The number of hydrogen-bond donors (Lipinski definition) is 1. The van der Waals surface area contributed by atoms with Gasteiger partial charge in [-0.15, -0.1) is 0 Å². The highest BCUT2D eigenvalue weighted by atomic mass is 16.5. The molecular formula is C22H23N3O5. The zero-order valence-corrected chi connectivity index (χ0v) is 16.7. The van der Waals surface area contributed by atoms with Crippen LogP contribution in [-0.2, 0) is 32.0 Å². The second-order valence-electron chi connectivity index (χ2n) is 6.68. The van der Waals surface area contributed by atoms with Gasteiger partial charge in [-0.2, -0.15) is 5.10 Å². The fourth-order valence-electron chi connectivity index (χ4n) is 3.02. The number of aromatic nitrogens is 2. The fourth-order valence-corrected chi connectivity index (χ4v) is 3.02. The Bertz CT molecular complexity index is 1070. The summed E-state index contributed by atoms with van der Waals surface area (Å²) in [6.07, 6.45) is -0.151. The van der Waals surface area contributed by atoms with Gasteiger partial charge in [-0.05, 0) is 11.6 Å². The standard InChI is InChI=1S/C22H23N3O5/c1-29-12-11-25(14-16-7-3-2-4-8-16)20(26)15-30-21(27)13-19-17-9-5-6-10-18(17)22(28)24-23-19/h2-10H,11-15H2,1H3,(H,24,28). The Morgan fingerprint density at radius 1 is 1.03 bits per heavy atom. The highest BCUT2D eigenvalue weighted by Crippen LogP contribution is 2.13. The first kappa shape index (κ1) is 21.2. The minimum Gasteiger partial charge on any atom is -0.455 e. The van der Waals surface area contributed by atoms with Crippen LogP contribution in [-0.4, -0.2) is 53.8 Å². The van der Waals surface area contributed by atoms with E-state index in [9.17, 15) is 14.4 Å². The van der Waals surface area contributed by atoms with Gasteiger partial charge in [-0.25, -0.2) is 5.10 Å². The predicted molar refractivity (Wildman–Crippen MR) is 111 cm³/mol. The number of hydrogen-bond acceptors (Lipinski definition) is 6. The predicted octanol–water partition coefficient (Wildman–Crippen LogP) is 1.68. The number of ether oxygens (including phenoxy) is 2. The number of carbonyl (C=O) groups is 2. The summed E-state index contributed by atoms with van der Waals surface area (Å²) in [6, 6.07) is 16.4. The van der Waals surface area contributed by atoms with Gasteiger partial charge in [0.2, 0.25) is 0 Å². The number of aromatic amines is 1. The van der Waals surface area contributed by atoms with Crippen LogP contribution in [0.15, 0.2) is 59.4 Å². The minimum absolute atomic E-state index is 0.151. The molecule has 0 saturated heterocycles. The average molecular weight is 409 g/mol. The number of H-pyrrole nitrogens is 1. The lowest BCUT2D eigenvalue weighted by atomic mass is 10.1. The lowest BCUT2D eigenvalue weighted by molar-refractivity contribution is -0.152. The fraction of sp³-hybridized carbons (Fsp3) is 0.273. The van der Waals surface area contributed by atoms with E-state index in [1.54, 1.807) is 36.3 Å². The maximum Gasteiger partial charge on any atom is 0.312 e. The summed E-state index contributed by atoms with van der Waals surface area (Å²) in [6.45, 7) is 0.775. The summed E-state index contributed by atoms with van der Waals surface area (Å²) in [4.78, 5) is 38.3. The van der Waals surface area contributed by atoms with E-state index in [1.165, 1.54) is 0 Å². The molecule has 0 aliphatic heterocycles. The molecule has 8 heteroatoms. The van der Waals surface area contributed by atoms with Crippen LogP contribution < -0.4 is 5.56 Å². The molecule has 1 aromatic heterocycles. The Kier molecular flexibility index (Phi) is 7.29. The molecule has 0 aliphatic carbocycles. The van der Waals surface area contributed by atoms with E-state index in [0.29, 0.717) is 36.2 Å². The summed E-state index contributed by atoms with van der Waals surface area (Å²) >= 11 is 0. The maximum absolute atomic E-state index is 12.6. The molecule has 3 rings (SSSR count). The van der Waals surface area contributed by atoms with Crippen LogP contribution in [0.5, 0.6) is 0 Å². The molecule has 1 amide bonds. The van der Waals surface area contributed by atoms with E-state index in [4.69, 9.17) is 9.47 Å². The van der Waals surface area contributed by atoms with Crippen molar-refractivity contribution in [3.05, 3.63) is 76.2 Å². The molecule has 0 atom stereocenters. The van der Waals surface area contributed by atoms with Gasteiger partial charge in [0.05, 0.1) is 24.1 Å². The minimum atomic E-state index is -0.598. The largest absolute Gasteiger partial charge is 0.455 e. The molecule has 0 radical (unpaired) electrons. The molecular weight excluding hydrogens is 386 g/mol. The molecule has 0 bridgehead atoms. The van der Waals surface area contributed by atoms with Crippen molar-refractivity contribution in [3.63, 3.8) is 0 Å². The molecule has 156 valence electrons. The highest BCUT2D eigenvalue weighted by molar-refractivity contribution is 5.87. The smallest absolute Gasteiger partial charge is 0.312 e. The molecule has 0 aliphatic rings. The van der Waals surface area contributed by atoms with E-state index in [1.807, 2.05) is 30.3 Å². The first-order valence-corrected chi connectivity index (χ1v) is 9.51. The lowest BCUT2D eigenvalue weighted by Gasteiger charge is -2.22. The number of nitrogens with one attached hydrogen (secondary N) is 1. The van der Waals surface area contributed by atoms with Crippen molar-refractivity contribution >= 4 is 22.6 Å². The molecule has 0 spiro atoms. The van der Waals surface area contributed by atoms with Gasteiger partial charge in [0.1, 0.15) is 0 Å². The zero-order valence-electron chi connectivity index (χ0n) is 16.7. The molecule has 1 heterocycles. The van der Waals surface area contributed by atoms with Gasteiger partial charge in [0.25, 0.3) is 11.5 Å². The molecule has 8 nitrogen and oxygen atoms in total. The topological polar surface area (TPSA) is 102 Å². The number of amides is 1. The Balaban J connectivity index is 1.62. The molecule has 3 aromatic rings. The molecule has 30 heavy (non-hydrogen) atoms. The Morgan fingerprint density at radius 2 is 1.73 bits per heavy atom. The van der Waals surface area contributed by atoms with E-state index in [-0.39, 0.29) is 24.5 Å². The molecule has 0 unspecified atom stereocenters. The molecule has 2 aromatic carbocycles. The quantitative estimate of drug-likeness (QED) is 0.540. The number of nitrogens with zero attached hydrogens (tertiary/aromatic N) is 2. The van der Waals surface area contributed by atoms with Crippen LogP contribution >= 0.6 is 0 Å². The molecule has 1 N–H and O–H groups in total. The van der Waals surface area contributed by atoms with Crippen molar-refractivity contribution in [2.24, 2.45) is 0 Å². The zero-order chi connectivity index (χ0) is 21.3. The molecule has 0 saturated carbocycles. The Labute approximate surface area is 173 Å². The first-order valence-electron chi connectivity index (χ1n) is 9.51. The van der Waals surface area contributed by atoms with Crippen molar-refractivity contribution in [2.45, 2.75) is 13.0 Å². The summed E-state index contributed by atoms with van der Waals surface area (Å²) in [5.41, 5.74) is 1.04. The number of benzene rings is 2. The van der Waals surface area contributed by atoms with Crippen molar-refractivity contribution in [3.8, 4) is 0 Å². The van der Waals surface area contributed by atoms with Crippen LogP contribution in [0.3, 0.4) is 0 Å². The summed E-state index contributed by atoms with van der Waals surface area (Å²) in [5, 5.41) is 7.36. The van der Waals surface area contributed by atoms with Gasteiger partial charge in [-0.3, -0.25) is 14.4 Å². The van der Waals surface area contributed by atoms with E-state index in [2.05, 4.69) is 10.2 Å². The van der Waals surface area contributed by atoms with Gasteiger partial charge in [0.15, 0.2) is 6.61 Å². The number of methoxy groups -OCH3 is 1. The van der Waals surface area contributed by atoms with E-state index < -0.39 is 5.97 Å². The SMILES string of the molecule is COCCN(Cc1ccccc1)C(=O)COC(=O)Cc1n[nH]c(=O)c2ccccc12. The first-order chi connectivity index (χ1) is 14.6. The Morgan fingerprint density at radius 3 is 2.47 bits per heavy atom. The van der Waals surface area contributed by atoms with Crippen LogP contribution in [0.2, 0.25) is 0 Å². The van der Waals surface area contributed by atoms with Crippen LogP contribution in [0.4, 0.5) is 0 Å². The maximum atomic E-state index is 12.6. The van der Waals surface area contributed by atoms with Crippen LogP contribution in [0.1, 0.15) is 11.3 Å². The van der Waals surface area contributed by atoms with E-state index >= 15 is 0 Å². The van der Waals surface area contributed by atoms with E-state index in [0.717, 1.165) is 5.56 Å². The van der Waals surface area contributed by atoms with Crippen molar-refractivity contribution in [2.75, 3.05) is 26.9 Å². The molecule has 0 fully saturated rings. The van der Waals surface area contributed by atoms with Gasteiger partial charge < -0.3 is 14.4 Å². The van der Waals surface area contributed by atoms with Gasteiger partial charge in [-0.1, -0.05) is 48.5 Å². The third-order valence-corrected chi connectivity index (χ3v) is 4.58. The summed E-state index contributed by atoms with van der Waals surface area (Å²) < 4.78 is 10.3. The van der Waals surface area contributed by atoms with Crippen LogP contribution in [0, 0.1) is 0 Å². The van der Waals surface area contributed by atoms with Crippen LogP contribution in [0.25, 0.3) is 10.8 Å². The number of esters is 1. The number of rotatable bonds is 9. The number of carbonyl (C=O) groups excluding carboxylic acids is 2. The van der Waals surface area contributed by atoms with Crippen molar-refractivity contribution in [1.29, 1.82) is 0 Å². The van der Waals surface area contributed by atoms with Crippen molar-refractivity contribution < 1.29 is 19.1 Å². The average Bonchev–Trinajstić information content (AvgIpc) is 2.78. The third kappa shape index (κ3) is 5.51. The highest BCUT2D eigenvalue weighted by Gasteiger charge is 2.17. The second kappa shape index (κ2) is 10.3. The van der Waals surface area contributed by atoms with Crippen molar-refractivity contribution in [1.82, 2.24) is 15.1 Å². The number of fused-ring (bicyclic) bond motifs is 1. The lowest BCUT2D eigenvalue weighted by Crippen LogP contribution is -2.36. The monoisotopic (exact) mass is 409 g/mol. The third-order valence-electron chi connectivity index (χ3n) is 4.58. The summed E-state index contributed by atoms with van der Waals surface area (Å²) in [5.74, 6) is -0.914. The summed E-state index contributed by atoms with van der Waals surface area (Å²) in [7, 11) is 1.56.